The Bertz CT molecular complexity index is 172. The molecule has 0 rings (SSSR count). The topological polar surface area (TPSA) is 0 Å². The largest absolute Gasteiger partial charge is 0.435 e. The zero-order valence-corrected chi connectivity index (χ0v) is 11.1. The highest BCUT2D eigenvalue weighted by atomic mass is 35.6. The lowest BCUT2D eigenvalue weighted by Crippen LogP contribution is -2.27. The highest BCUT2D eigenvalue weighted by Crippen LogP contribution is 2.42. The molecule has 0 saturated heterocycles. The Labute approximate surface area is 113 Å². The number of hydrogen-bond donors (Lipinski definition) is 0. The third-order valence-electron chi connectivity index (χ3n) is 0.464. The zero-order valence-electron chi connectivity index (χ0n) is 5.78. The van der Waals surface area contributed by atoms with Gasteiger partial charge in [-0.3, -0.25) is 0 Å². The lowest BCUT2D eigenvalue weighted by Gasteiger charge is -2.13. The minimum absolute atomic E-state index is 0.0988. The van der Waals surface area contributed by atoms with Gasteiger partial charge in [0.1, 0.15) is 8.98 Å². The highest BCUT2D eigenvalue weighted by Gasteiger charge is 2.51. The first-order valence-corrected chi connectivity index (χ1v) is 5.04. The molecule has 0 aromatic rings. The van der Waals surface area contributed by atoms with Crippen LogP contribution in [-0.2, 0) is 0 Å². The van der Waals surface area contributed by atoms with E-state index in [0.29, 0.717) is 0 Å². The van der Waals surface area contributed by atoms with E-state index in [1.165, 1.54) is 0 Å². The quantitative estimate of drug-likeness (QED) is 0.470. The molecule has 0 aliphatic heterocycles. The van der Waals surface area contributed by atoms with Crippen molar-refractivity contribution in [3.05, 3.63) is 8.98 Å². The van der Waals surface area contributed by atoms with E-state index in [2.05, 4.69) is 34.8 Å². The van der Waals surface area contributed by atoms with E-state index < -0.39 is 9.97 Å². The van der Waals surface area contributed by atoms with E-state index in [-0.39, 0.29) is 8.98 Å². The second-order valence-electron chi connectivity index (χ2n) is 1.52. The Balaban J connectivity index is 0. The van der Waals surface area contributed by atoms with Crippen molar-refractivity contribution < 1.29 is 13.2 Å². The molecule has 0 atom stereocenters. The molecular formula is C4Cl7F3. The minimum atomic E-state index is -4.77. The molecule has 0 radical (unpaired) electrons. The Morgan fingerprint density at radius 3 is 0.857 bits per heavy atom. The molecule has 0 aromatic heterocycles. The second kappa shape index (κ2) is 7.00. The summed E-state index contributed by atoms with van der Waals surface area (Å²) in [7, 11) is 0. The molecular weight excluding hydrogens is 353 g/mol. The summed E-state index contributed by atoms with van der Waals surface area (Å²) in [5, 5.41) is 0. The molecule has 0 aliphatic carbocycles. The maximum Gasteiger partial charge on any atom is 0.435 e. The summed E-state index contributed by atoms with van der Waals surface area (Å²) in [4.78, 5) is 0. The van der Waals surface area contributed by atoms with Crippen LogP contribution in [0.1, 0.15) is 0 Å². The fourth-order valence-corrected chi connectivity index (χ4v) is 0. The van der Waals surface area contributed by atoms with Crippen molar-refractivity contribution in [3.8, 4) is 0 Å². The molecule has 14 heavy (non-hydrogen) atoms. The molecule has 0 bridgehead atoms. The van der Waals surface area contributed by atoms with E-state index in [9.17, 15) is 13.2 Å². The van der Waals surface area contributed by atoms with Gasteiger partial charge in [-0.1, -0.05) is 81.2 Å². The standard InChI is InChI=1S/C2Cl4.C2Cl3F3/c3-1(4)2(5)6;3-1(4,5)2(6,7)8. The van der Waals surface area contributed by atoms with Crippen molar-refractivity contribution in [2.45, 2.75) is 9.97 Å². The Hall–Kier alpha value is 1.56. The van der Waals surface area contributed by atoms with Gasteiger partial charge in [0.05, 0.1) is 0 Å². The zero-order chi connectivity index (χ0) is 12.2. The van der Waals surface area contributed by atoms with E-state index in [4.69, 9.17) is 46.4 Å². The van der Waals surface area contributed by atoms with Crippen LogP contribution in [0.25, 0.3) is 0 Å². The first-order valence-electron chi connectivity index (χ1n) is 2.39. The first kappa shape index (κ1) is 17.9. The summed E-state index contributed by atoms with van der Waals surface area (Å²) in [6.07, 6.45) is -4.77. The molecule has 0 amide bonds. The summed E-state index contributed by atoms with van der Waals surface area (Å²) in [5.41, 5.74) is 0. The van der Waals surface area contributed by atoms with Crippen molar-refractivity contribution in [2.24, 2.45) is 0 Å². The van der Waals surface area contributed by atoms with Crippen LogP contribution < -0.4 is 0 Å². The molecule has 86 valence electrons. The summed E-state index contributed by atoms with van der Waals surface area (Å²) in [6.45, 7) is 0. The molecule has 0 aromatic carbocycles. The first-order chi connectivity index (χ1) is 5.89. The lowest BCUT2D eigenvalue weighted by molar-refractivity contribution is -0.124. The number of alkyl halides is 6. The molecule has 0 spiro atoms. The van der Waals surface area contributed by atoms with Gasteiger partial charge in [-0.05, 0) is 0 Å². The predicted octanol–water partition coefficient (Wildman–Crippen LogP) is 5.99. The summed E-state index contributed by atoms with van der Waals surface area (Å²) < 4.78 is 30.2. The summed E-state index contributed by atoms with van der Waals surface area (Å²) in [5.74, 6) is 0. The smallest absolute Gasteiger partial charge is 0.166 e. The number of rotatable bonds is 0. The molecule has 0 unspecified atom stereocenters. The molecule has 0 aliphatic rings. The van der Waals surface area contributed by atoms with E-state index in [1.807, 2.05) is 0 Å². The highest BCUT2D eigenvalue weighted by molar-refractivity contribution is 6.68. The van der Waals surface area contributed by atoms with Gasteiger partial charge in [0, 0.05) is 0 Å². The Morgan fingerprint density at radius 2 is 0.857 bits per heavy atom. The van der Waals surface area contributed by atoms with Crippen molar-refractivity contribution in [3.63, 3.8) is 0 Å². The van der Waals surface area contributed by atoms with Crippen LogP contribution in [-0.4, -0.2) is 9.97 Å². The molecule has 0 N–H and O–H groups in total. The number of hydrogen-bond acceptors (Lipinski definition) is 0. The van der Waals surface area contributed by atoms with Crippen molar-refractivity contribution in [1.82, 2.24) is 0 Å². The maximum atomic E-state index is 11.2. The van der Waals surface area contributed by atoms with E-state index in [0.717, 1.165) is 0 Å². The normalized spacial score (nSPS) is 11.6. The van der Waals surface area contributed by atoms with Crippen LogP contribution in [0, 0.1) is 0 Å². The van der Waals surface area contributed by atoms with Gasteiger partial charge in [-0.25, -0.2) is 0 Å². The van der Waals surface area contributed by atoms with Gasteiger partial charge < -0.3 is 0 Å². The van der Waals surface area contributed by atoms with Gasteiger partial charge in [0.2, 0.25) is 0 Å². The van der Waals surface area contributed by atoms with Gasteiger partial charge in [-0.15, -0.1) is 0 Å². The second-order valence-corrected chi connectivity index (χ2v) is 5.70. The fraction of sp³-hybridized carbons (Fsp3) is 0.500. The van der Waals surface area contributed by atoms with Crippen LogP contribution in [0.3, 0.4) is 0 Å². The van der Waals surface area contributed by atoms with Crippen molar-refractivity contribution >= 4 is 81.2 Å². The fourth-order valence-electron chi connectivity index (χ4n) is 0. The number of halogens is 10. The molecule has 0 fully saturated rings. The van der Waals surface area contributed by atoms with Gasteiger partial charge in [0.25, 0.3) is 3.79 Å². The maximum absolute atomic E-state index is 11.2. The van der Waals surface area contributed by atoms with Crippen LogP contribution in [0.15, 0.2) is 8.98 Å². The predicted molar refractivity (Wildman–Crippen MR) is 56.8 cm³/mol. The SMILES string of the molecule is ClC(Cl)=C(Cl)Cl.FC(F)(F)C(Cl)(Cl)Cl. The summed E-state index contributed by atoms with van der Waals surface area (Å²) in [6, 6.07) is 0. The lowest BCUT2D eigenvalue weighted by atomic mass is 10.8. The average Bonchev–Trinajstić information content (AvgIpc) is 1.83. The molecule has 0 heterocycles. The van der Waals surface area contributed by atoms with Crippen LogP contribution in [0.5, 0.6) is 0 Å². The molecule has 10 heteroatoms. The molecule has 0 saturated carbocycles. The monoisotopic (exact) mass is 350 g/mol. The average molecular weight is 353 g/mol. The van der Waals surface area contributed by atoms with E-state index >= 15 is 0 Å². The van der Waals surface area contributed by atoms with E-state index in [1.54, 1.807) is 0 Å². The van der Waals surface area contributed by atoms with Crippen LogP contribution >= 0.6 is 81.2 Å². The van der Waals surface area contributed by atoms with Gasteiger partial charge in [0.15, 0.2) is 0 Å². The Morgan fingerprint density at radius 1 is 0.714 bits per heavy atom. The minimum Gasteiger partial charge on any atom is -0.166 e. The van der Waals surface area contributed by atoms with Gasteiger partial charge >= 0.3 is 6.18 Å². The van der Waals surface area contributed by atoms with Crippen LogP contribution in [0.4, 0.5) is 13.2 Å². The molecule has 0 nitrogen and oxygen atoms in total. The van der Waals surface area contributed by atoms with Crippen molar-refractivity contribution in [2.75, 3.05) is 0 Å². The van der Waals surface area contributed by atoms with Gasteiger partial charge in [-0.2, -0.15) is 13.2 Å². The Kier molecular flexibility index (Phi) is 8.97. The third kappa shape index (κ3) is 10.1. The third-order valence-corrected chi connectivity index (χ3v) is 2.25. The van der Waals surface area contributed by atoms with Crippen molar-refractivity contribution in [1.29, 1.82) is 0 Å². The van der Waals surface area contributed by atoms with Crippen LogP contribution in [0.2, 0.25) is 0 Å². The summed E-state index contributed by atoms with van der Waals surface area (Å²) >= 11 is 33.2.